The molecule has 2 amide bonds. The fourth-order valence-electron chi connectivity index (χ4n) is 4.63. The van der Waals surface area contributed by atoms with Gasteiger partial charge in [-0.2, -0.15) is 5.10 Å². The molecule has 2 atom stereocenters. The number of hydrogen-bond acceptors (Lipinski definition) is 5. The van der Waals surface area contributed by atoms with Gasteiger partial charge in [-0.1, -0.05) is 19.9 Å². The van der Waals surface area contributed by atoms with E-state index in [1.54, 1.807) is 16.7 Å². The van der Waals surface area contributed by atoms with E-state index in [4.69, 9.17) is 9.47 Å². The summed E-state index contributed by atoms with van der Waals surface area (Å²) >= 11 is 0. The zero-order chi connectivity index (χ0) is 22.6. The highest BCUT2D eigenvalue weighted by molar-refractivity contribution is 6.03. The molecule has 0 N–H and O–H groups in total. The van der Waals surface area contributed by atoms with Crippen molar-refractivity contribution < 1.29 is 19.1 Å². The van der Waals surface area contributed by atoms with Gasteiger partial charge >= 0.3 is 6.09 Å². The van der Waals surface area contributed by atoms with Gasteiger partial charge in [0.15, 0.2) is 0 Å². The number of fused-ring (bicyclic) bond motifs is 1. The molecule has 0 spiro atoms. The van der Waals surface area contributed by atoms with E-state index in [-0.39, 0.29) is 29.5 Å². The van der Waals surface area contributed by atoms with Crippen LogP contribution in [0.1, 0.15) is 40.2 Å². The summed E-state index contributed by atoms with van der Waals surface area (Å²) in [5.41, 5.74) is 3.56. The topological polar surface area (TPSA) is 76.9 Å². The highest BCUT2D eigenvalue weighted by Crippen LogP contribution is 2.51. The number of aromatic nitrogens is 2. The molecule has 1 aromatic heterocycles. The second-order valence-corrected chi connectivity index (χ2v) is 9.92. The van der Waals surface area contributed by atoms with Gasteiger partial charge in [0.25, 0.3) is 0 Å². The van der Waals surface area contributed by atoms with Gasteiger partial charge < -0.3 is 14.4 Å². The number of nitrogens with zero attached hydrogens (tertiary/aromatic N) is 4. The molecule has 8 nitrogen and oxygen atoms in total. The van der Waals surface area contributed by atoms with Crippen LogP contribution in [0.2, 0.25) is 0 Å². The molecule has 2 aromatic rings. The number of carbonyl (C=O) groups is 2. The average molecular weight is 439 g/mol. The molecule has 1 saturated heterocycles. The summed E-state index contributed by atoms with van der Waals surface area (Å²) in [5.74, 6) is 0.367. The van der Waals surface area contributed by atoms with Gasteiger partial charge in [-0.05, 0) is 42.4 Å². The molecule has 1 aliphatic carbocycles. The van der Waals surface area contributed by atoms with Crippen molar-refractivity contribution >= 4 is 23.4 Å². The zero-order valence-corrected chi connectivity index (χ0v) is 19.1. The maximum absolute atomic E-state index is 13.1. The Balaban J connectivity index is 1.45. The fourth-order valence-corrected chi connectivity index (χ4v) is 4.63. The smallest absolute Gasteiger partial charge is 0.414 e. The molecule has 3 heterocycles. The van der Waals surface area contributed by atoms with Crippen LogP contribution in [0.4, 0.5) is 16.2 Å². The second kappa shape index (κ2) is 7.62. The lowest BCUT2D eigenvalue weighted by molar-refractivity contribution is -0.117. The monoisotopic (exact) mass is 438 g/mol. The van der Waals surface area contributed by atoms with Gasteiger partial charge in [0.2, 0.25) is 5.91 Å². The van der Waals surface area contributed by atoms with Crippen LogP contribution >= 0.6 is 0 Å². The predicted octanol–water partition coefficient (Wildman–Crippen LogP) is 3.87. The van der Waals surface area contributed by atoms with Crippen LogP contribution < -0.4 is 9.80 Å². The molecular weight excluding hydrogens is 408 g/mol. The van der Waals surface area contributed by atoms with E-state index >= 15 is 0 Å². The molecule has 3 aliphatic rings. The van der Waals surface area contributed by atoms with Gasteiger partial charge in [0, 0.05) is 25.2 Å². The van der Waals surface area contributed by atoms with Crippen LogP contribution in [0, 0.1) is 11.3 Å². The van der Waals surface area contributed by atoms with E-state index in [2.05, 4.69) is 18.9 Å². The van der Waals surface area contributed by atoms with Crippen LogP contribution in [-0.4, -0.2) is 54.2 Å². The Morgan fingerprint density at radius 1 is 1.22 bits per heavy atom. The lowest BCUT2D eigenvalue weighted by Crippen LogP contribution is -2.51. The van der Waals surface area contributed by atoms with E-state index in [1.807, 2.05) is 42.2 Å². The first kappa shape index (κ1) is 21.0. The van der Waals surface area contributed by atoms with Gasteiger partial charge in [-0.25, -0.2) is 4.79 Å². The standard InChI is InChI=1S/C24H30N4O4/c1-15-10-26(23(30)32-12-19-8-24(19,3)4)22-7-17(5-6-21(22)28(15)16(2)29)18-9-25-27(11-18)20-13-31-14-20/h5-7,9,11,15,19-20H,8,10,12-14H2,1-4H3. The molecule has 2 fully saturated rings. The maximum atomic E-state index is 13.1. The highest BCUT2D eigenvalue weighted by Gasteiger charge is 2.46. The predicted molar refractivity (Wildman–Crippen MR) is 121 cm³/mol. The Hall–Kier alpha value is -2.87. The van der Waals surface area contributed by atoms with Crippen LogP contribution in [0.15, 0.2) is 30.6 Å². The van der Waals surface area contributed by atoms with Crippen molar-refractivity contribution in [1.29, 1.82) is 0 Å². The summed E-state index contributed by atoms with van der Waals surface area (Å²) in [6, 6.07) is 5.97. The Kier molecular flexibility index (Phi) is 5.00. The first-order valence-corrected chi connectivity index (χ1v) is 11.2. The first-order chi connectivity index (χ1) is 15.2. The maximum Gasteiger partial charge on any atom is 0.414 e. The van der Waals surface area contributed by atoms with Crippen molar-refractivity contribution in [2.75, 3.05) is 36.2 Å². The molecule has 5 rings (SSSR count). The number of carbonyl (C=O) groups excluding carboxylic acids is 2. The highest BCUT2D eigenvalue weighted by atomic mass is 16.6. The van der Waals surface area contributed by atoms with Crippen LogP contribution in [0.5, 0.6) is 0 Å². The summed E-state index contributed by atoms with van der Waals surface area (Å²) in [5, 5.41) is 4.47. The number of benzene rings is 1. The molecule has 32 heavy (non-hydrogen) atoms. The largest absolute Gasteiger partial charge is 0.449 e. The van der Waals surface area contributed by atoms with Gasteiger partial charge in [0.05, 0.1) is 49.5 Å². The minimum atomic E-state index is -0.358. The number of hydrogen-bond donors (Lipinski definition) is 0. The van der Waals surface area contributed by atoms with E-state index < -0.39 is 0 Å². The normalized spacial score (nSPS) is 24.0. The minimum absolute atomic E-state index is 0.0444. The van der Waals surface area contributed by atoms with Crippen molar-refractivity contribution in [3.63, 3.8) is 0 Å². The molecule has 8 heteroatoms. The third-order valence-electron chi connectivity index (χ3n) is 7.03. The molecule has 0 radical (unpaired) electrons. The van der Waals surface area contributed by atoms with Crippen molar-refractivity contribution in [3.8, 4) is 11.1 Å². The van der Waals surface area contributed by atoms with E-state index in [1.165, 1.54) is 0 Å². The van der Waals surface area contributed by atoms with Crippen molar-refractivity contribution in [2.45, 2.75) is 46.2 Å². The zero-order valence-electron chi connectivity index (χ0n) is 19.1. The van der Waals surface area contributed by atoms with E-state index in [0.717, 1.165) is 23.2 Å². The molecule has 1 aromatic carbocycles. The third-order valence-corrected chi connectivity index (χ3v) is 7.03. The number of ether oxygens (including phenoxy) is 2. The van der Waals surface area contributed by atoms with E-state index in [0.29, 0.717) is 38.0 Å². The van der Waals surface area contributed by atoms with Gasteiger partial charge in [0.1, 0.15) is 0 Å². The van der Waals surface area contributed by atoms with Crippen LogP contribution in [0.3, 0.4) is 0 Å². The van der Waals surface area contributed by atoms with Crippen molar-refractivity contribution in [2.24, 2.45) is 11.3 Å². The molecule has 2 aliphatic heterocycles. The Labute approximate surface area is 188 Å². The molecule has 2 unspecified atom stereocenters. The quantitative estimate of drug-likeness (QED) is 0.724. The van der Waals surface area contributed by atoms with Crippen LogP contribution in [-0.2, 0) is 14.3 Å². The van der Waals surface area contributed by atoms with Crippen molar-refractivity contribution in [1.82, 2.24) is 9.78 Å². The SMILES string of the molecule is CC(=O)N1c2ccc(-c3cnn(C4COC4)c3)cc2N(C(=O)OCC2CC2(C)C)CC1C. The molecule has 1 saturated carbocycles. The van der Waals surface area contributed by atoms with Crippen LogP contribution in [0.25, 0.3) is 11.1 Å². The minimum Gasteiger partial charge on any atom is -0.449 e. The number of amides is 2. The first-order valence-electron chi connectivity index (χ1n) is 11.2. The summed E-state index contributed by atoms with van der Waals surface area (Å²) in [6.45, 7) is 10.1. The summed E-state index contributed by atoms with van der Waals surface area (Å²) in [4.78, 5) is 28.9. The van der Waals surface area contributed by atoms with Gasteiger partial charge in [-0.3, -0.25) is 14.4 Å². The fraction of sp³-hybridized carbons (Fsp3) is 0.542. The second-order valence-electron chi connectivity index (χ2n) is 9.92. The summed E-state index contributed by atoms with van der Waals surface area (Å²) in [6.07, 6.45) is 4.54. The molecule has 170 valence electrons. The molecule has 0 bridgehead atoms. The summed E-state index contributed by atoms with van der Waals surface area (Å²) < 4.78 is 12.9. The number of anilines is 2. The lowest BCUT2D eigenvalue weighted by Gasteiger charge is -2.40. The third kappa shape index (κ3) is 3.66. The Morgan fingerprint density at radius 2 is 1.97 bits per heavy atom. The summed E-state index contributed by atoms with van der Waals surface area (Å²) in [7, 11) is 0. The Bertz CT molecular complexity index is 1060. The lowest BCUT2D eigenvalue weighted by atomic mass is 10.0. The Morgan fingerprint density at radius 3 is 2.59 bits per heavy atom. The average Bonchev–Trinajstić information content (AvgIpc) is 3.07. The molecular formula is C24H30N4O4. The van der Waals surface area contributed by atoms with E-state index in [9.17, 15) is 9.59 Å². The number of rotatable bonds is 4. The van der Waals surface area contributed by atoms with Gasteiger partial charge in [-0.15, -0.1) is 0 Å². The van der Waals surface area contributed by atoms with Crippen molar-refractivity contribution in [3.05, 3.63) is 30.6 Å².